The van der Waals surface area contributed by atoms with Crippen LogP contribution in [0.5, 0.6) is 0 Å². The van der Waals surface area contributed by atoms with Gasteiger partial charge in [0.05, 0.1) is 0 Å². The summed E-state index contributed by atoms with van der Waals surface area (Å²) in [6.45, 7) is 6.13. The molecule has 2 aromatic rings. The van der Waals surface area contributed by atoms with Crippen molar-refractivity contribution >= 4 is 5.78 Å². The largest absolute Gasteiger partial charge is 0.316 e. The van der Waals surface area contributed by atoms with E-state index in [9.17, 15) is 0 Å². The quantitative estimate of drug-likeness (QED) is 0.768. The number of nitrogens with zero attached hydrogens (tertiary/aromatic N) is 4. The molecule has 0 saturated carbocycles. The highest BCUT2D eigenvalue weighted by Crippen LogP contribution is 2.21. The first-order valence-corrected chi connectivity index (χ1v) is 5.65. The summed E-state index contributed by atoms with van der Waals surface area (Å²) in [6.07, 6.45) is 1.13. The van der Waals surface area contributed by atoms with Gasteiger partial charge in [0.2, 0.25) is 0 Å². The van der Waals surface area contributed by atoms with Crippen molar-refractivity contribution in [3.8, 4) is 0 Å². The van der Waals surface area contributed by atoms with Crippen LogP contribution in [0.25, 0.3) is 5.78 Å². The van der Waals surface area contributed by atoms with Crippen LogP contribution in [0.4, 0.5) is 0 Å². The Balaban J connectivity index is 2.18. The topological polar surface area (TPSA) is 55.1 Å². The van der Waals surface area contributed by atoms with E-state index in [0.717, 1.165) is 42.5 Å². The van der Waals surface area contributed by atoms with E-state index in [0.29, 0.717) is 5.92 Å². The monoisotopic (exact) mass is 217 g/mol. The van der Waals surface area contributed by atoms with E-state index in [2.05, 4.69) is 37.9 Å². The Kier molecular flexibility index (Phi) is 2.14. The molecule has 0 bridgehead atoms. The zero-order chi connectivity index (χ0) is 11.1. The van der Waals surface area contributed by atoms with Gasteiger partial charge in [-0.25, -0.2) is 4.98 Å². The predicted octanol–water partition coefficient (Wildman–Crippen LogP) is 0.818. The zero-order valence-corrected chi connectivity index (χ0v) is 9.56. The average Bonchev–Trinajstić information content (AvgIpc) is 2.82. The number of fused-ring (bicyclic) bond motifs is 1. The first kappa shape index (κ1) is 9.72. The molecule has 1 unspecified atom stereocenters. The Morgan fingerprint density at radius 1 is 1.38 bits per heavy atom. The van der Waals surface area contributed by atoms with E-state index in [1.54, 1.807) is 0 Å². The van der Waals surface area contributed by atoms with Gasteiger partial charge in [0.15, 0.2) is 0 Å². The number of aromatic nitrogens is 4. The molecule has 0 aliphatic carbocycles. The maximum Gasteiger partial charge on any atom is 0.255 e. The van der Waals surface area contributed by atoms with Gasteiger partial charge in [0, 0.05) is 23.9 Å². The lowest BCUT2D eigenvalue weighted by Crippen LogP contribution is -2.11. The van der Waals surface area contributed by atoms with Crippen LogP contribution in [0.3, 0.4) is 0 Å². The van der Waals surface area contributed by atoms with E-state index in [1.165, 1.54) is 0 Å². The Morgan fingerprint density at radius 2 is 2.25 bits per heavy atom. The molecule has 1 N–H and O–H groups in total. The van der Waals surface area contributed by atoms with Gasteiger partial charge in [0.25, 0.3) is 5.78 Å². The van der Waals surface area contributed by atoms with Crippen LogP contribution in [-0.4, -0.2) is 32.7 Å². The SMILES string of the molecule is Cc1cc(C)n2c(C3CCNC3)nnc2n1. The normalized spacial score (nSPS) is 20.8. The van der Waals surface area contributed by atoms with Crippen LogP contribution in [-0.2, 0) is 0 Å². The highest BCUT2D eigenvalue weighted by molar-refractivity contribution is 5.33. The lowest BCUT2D eigenvalue weighted by Gasteiger charge is -2.08. The first-order valence-electron chi connectivity index (χ1n) is 5.65. The molecule has 3 heterocycles. The second kappa shape index (κ2) is 3.52. The van der Waals surface area contributed by atoms with Gasteiger partial charge in [-0.1, -0.05) is 0 Å². The molecule has 1 aliphatic rings. The summed E-state index contributed by atoms with van der Waals surface area (Å²) < 4.78 is 2.07. The number of rotatable bonds is 1. The highest BCUT2D eigenvalue weighted by Gasteiger charge is 2.22. The van der Waals surface area contributed by atoms with Crippen LogP contribution in [0, 0.1) is 13.8 Å². The van der Waals surface area contributed by atoms with Gasteiger partial charge in [-0.05, 0) is 32.9 Å². The van der Waals surface area contributed by atoms with E-state index in [4.69, 9.17) is 0 Å². The minimum Gasteiger partial charge on any atom is -0.316 e. The van der Waals surface area contributed by atoms with E-state index in [1.807, 2.05) is 6.92 Å². The van der Waals surface area contributed by atoms with Crippen LogP contribution >= 0.6 is 0 Å². The van der Waals surface area contributed by atoms with Crippen molar-refractivity contribution in [1.82, 2.24) is 24.9 Å². The summed E-state index contributed by atoms with van der Waals surface area (Å²) in [5.74, 6) is 2.24. The van der Waals surface area contributed by atoms with Crippen LogP contribution in [0.2, 0.25) is 0 Å². The molecule has 1 saturated heterocycles. The molecule has 0 amide bonds. The average molecular weight is 217 g/mol. The predicted molar refractivity (Wildman–Crippen MR) is 60.5 cm³/mol. The maximum absolute atomic E-state index is 4.40. The van der Waals surface area contributed by atoms with Crippen molar-refractivity contribution in [2.75, 3.05) is 13.1 Å². The van der Waals surface area contributed by atoms with Crippen LogP contribution in [0.15, 0.2) is 6.07 Å². The van der Waals surface area contributed by atoms with Crippen LogP contribution in [0.1, 0.15) is 29.6 Å². The van der Waals surface area contributed by atoms with Crippen molar-refractivity contribution in [2.45, 2.75) is 26.2 Å². The molecule has 5 nitrogen and oxygen atoms in total. The van der Waals surface area contributed by atoms with Gasteiger partial charge < -0.3 is 5.32 Å². The smallest absolute Gasteiger partial charge is 0.255 e. The third-order valence-corrected chi connectivity index (χ3v) is 3.14. The lowest BCUT2D eigenvalue weighted by atomic mass is 10.1. The number of nitrogens with one attached hydrogen (secondary N) is 1. The minimum atomic E-state index is 0.471. The maximum atomic E-state index is 4.40. The molecular formula is C11H15N5. The molecule has 1 fully saturated rings. The van der Waals surface area contributed by atoms with Gasteiger partial charge in [-0.15, -0.1) is 10.2 Å². The molecule has 2 aromatic heterocycles. The summed E-state index contributed by atoms with van der Waals surface area (Å²) in [5, 5.41) is 11.8. The summed E-state index contributed by atoms with van der Waals surface area (Å²) in [4.78, 5) is 4.40. The standard InChI is InChI=1S/C11H15N5/c1-7-5-8(2)16-10(9-3-4-12-6-9)14-15-11(16)13-7/h5,9,12H,3-4,6H2,1-2H3. The zero-order valence-electron chi connectivity index (χ0n) is 9.56. The summed E-state index contributed by atoms with van der Waals surface area (Å²) in [6, 6.07) is 2.07. The first-order chi connectivity index (χ1) is 7.75. The fourth-order valence-electron chi connectivity index (χ4n) is 2.39. The van der Waals surface area contributed by atoms with Crippen molar-refractivity contribution in [1.29, 1.82) is 0 Å². The Bertz CT molecular complexity index is 524. The Morgan fingerprint density at radius 3 is 3.00 bits per heavy atom. The third-order valence-electron chi connectivity index (χ3n) is 3.14. The fraction of sp³-hybridized carbons (Fsp3) is 0.545. The second-order valence-corrected chi connectivity index (χ2v) is 4.42. The Labute approximate surface area is 93.9 Å². The van der Waals surface area contributed by atoms with E-state index in [-0.39, 0.29) is 0 Å². The van der Waals surface area contributed by atoms with E-state index < -0.39 is 0 Å². The molecule has 1 aliphatic heterocycles. The highest BCUT2D eigenvalue weighted by atomic mass is 15.3. The van der Waals surface area contributed by atoms with Gasteiger partial charge in [-0.3, -0.25) is 4.40 Å². The molecule has 0 radical (unpaired) electrons. The van der Waals surface area contributed by atoms with Gasteiger partial charge in [0.1, 0.15) is 5.82 Å². The number of aryl methyl sites for hydroxylation is 2. The summed E-state index contributed by atoms with van der Waals surface area (Å²) in [7, 11) is 0. The molecule has 1 atom stereocenters. The molecule has 0 aromatic carbocycles. The minimum absolute atomic E-state index is 0.471. The van der Waals surface area contributed by atoms with E-state index >= 15 is 0 Å². The fourth-order valence-corrected chi connectivity index (χ4v) is 2.39. The molecule has 5 heteroatoms. The number of hydrogen-bond acceptors (Lipinski definition) is 4. The summed E-state index contributed by atoms with van der Waals surface area (Å²) in [5.41, 5.74) is 2.16. The lowest BCUT2D eigenvalue weighted by molar-refractivity contribution is 0.686. The van der Waals surface area contributed by atoms with Gasteiger partial charge >= 0.3 is 0 Å². The molecule has 84 valence electrons. The van der Waals surface area contributed by atoms with Crippen molar-refractivity contribution in [2.24, 2.45) is 0 Å². The van der Waals surface area contributed by atoms with Crippen molar-refractivity contribution in [3.63, 3.8) is 0 Å². The molecule has 0 spiro atoms. The number of hydrogen-bond donors (Lipinski definition) is 1. The molecule has 3 rings (SSSR count). The Hall–Kier alpha value is -1.49. The molecular weight excluding hydrogens is 202 g/mol. The third kappa shape index (κ3) is 1.39. The summed E-state index contributed by atoms with van der Waals surface area (Å²) >= 11 is 0. The molecule has 16 heavy (non-hydrogen) atoms. The second-order valence-electron chi connectivity index (χ2n) is 4.42. The van der Waals surface area contributed by atoms with Gasteiger partial charge in [-0.2, -0.15) is 0 Å². The van der Waals surface area contributed by atoms with Crippen molar-refractivity contribution in [3.05, 3.63) is 23.3 Å². The van der Waals surface area contributed by atoms with Crippen LogP contribution < -0.4 is 5.32 Å². The van der Waals surface area contributed by atoms with Crippen molar-refractivity contribution < 1.29 is 0 Å².